The predicted octanol–water partition coefficient (Wildman–Crippen LogP) is 5.27. The molecule has 5 rings (SSSR count). The van der Waals surface area contributed by atoms with Crippen molar-refractivity contribution in [3.05, 3.63) is 78.1 Å². The number of rotatable bonds is 4. The number of piperidine rings is 1. The van der Waals surface area contributed by atoms with E-state index >= 15 is 0 Å². The first-order chi connectivity index (χ1) is 18.6. The maximum Gasteiger partial charge on any atom is 0.435 e. The van der Waals surface area contributed by atoms with Crippen LogP contribution < -0.4 is 5.32 Å². The van der Waals surface area contributed by atoms with Crippen LogP contribution in [0.25, 0.3) is 16.8 Å². The van der Waals surface area contributed by atoms with E-state index in [9.17, 15) is 22.8 Å². The lowest BCUT2D eigenvalue weighted by Gasteiger charge is -2.36. The number of nitrogens with zero attached hydrogens (tertiary/aromatic N) is 6. The summed E-state index contributed by atoms with van der Waals surface area (Å²) < 4.78 is 43.7. The van der Waals surface area contributed by atoms with Gasteiger partial charge in [-0.1, -0.05) is 18.2 Å². The number of fused-ring (bicyclic) bond motifs is 1. The van der Waals surface area contributed by atoms with Crippen LogP contribution in [0.15, 0.2) is 61.1 Å². The summed E-state index contributed by atoms with van der Waals surface area (Å²) in [5, 5.41) is 2.68. The van der Waals surface area contributed by atoms with Crippen molar-refractivity contribution in [1.82, 2.24) is 29.2 Å². The predicted molar refractivity (Wildman–Crippen MR) is 138 cm³/mol. The van der Waals surface area contributed by atoms with Crippen molar-refractivity contribution < 1.29 is 22.8 Å². The number of urea groups is 1. The smallest absolute Gasteiger partial charge is 0.331 e. The summed E-state index contributed by atoms with van der Waals surface area (Å²) in [6.07, 6.45) is 1.52. The van der Waals surface area contributed by atoms with E-state index in [1.165, 1.54) is 27.6 Å². The van der Waals surface area contributed by atoms with Crippen molar-refractivity contribution in [2.24, 2.45) is 0 Å². The van der Waals surface area contributed by atoms with Gasteiger partial charge in [0.25, 0.3) is 5.91 Å². The highest BCUT2D eigenvalue weighted by molar-refractivity contribution is 6.04. The number of hydrogen-bond acceptors (Lipinski definition) is 5. The molecule has 0 aliphatic carbocycles. The molecule has 1 unspecified atom stereocenters. The molecule has 1 aliphatic heterocycles. The Morgan fingerprint density at radius 3 is 2.46 bits per heavy atom. The monoisotopic (exact) mass is 537 g/mol. The van der Waals surface area contributed by atoms with Crippen LogP contribution in [0.3, 0.4) is 0 Å². The molecule has 39 heavy (non-hydrogen) atoms. The Balaban J connectivity index is 1.59. The number of pyridine rings is 1. The van der Waals surface area contributed by atoms with Crippen molar-refractivity contribution in [3.8, 4) is 11.3 Å². The summed E-state index contributed by atoms with van der Waals surface area (Å²) in [6.45, 7) is 0.475. The second-order valence-corrected chi connectivity index (χ2v) is 9.44. The van der Waals surface area contributed by atoms with Crippen molar-refractivity contribution in [1.29, 1.82) is 0 Å². The Bertz CT molecular complexity index is 1500. The normalized spacial score (nSPS) is 15.8. The molecule has 12 heteroatoms. The molecular formula is C27H26F3N7O2. The second-order valence-electron chi connectivity index (χ2n) is 9.44. The number of imidazole rings is 1. The molecule has 202 valence electrons. The van der Waals surface area contributed by atoms with Crippen LogP contribution in [-0.4, -0.2) is 61.7 Å². The number of hydrogen-bond donors (Lipinski definition) is 1. The summed E-state index contributed by atoms with van der Waals surface area (Å²) in [5.74, 6) is 0.301. The maximum atomic E-state index is 14.1. The lowest BCUT2D eigenvalue weighted by Crippen LogP contribution is -2.44. The average molecular weight is 538 g/mol. The Morgan fingerprint density at radius 1 is 1.03 bits per heavy atom. The zero-order chi connectivity index (χ0) is 27.7. The molecule has 3 amide bonds. The highest BCUT2D eigenvalue weighted by Crippen LogP contribution is 2.39. The topological polar surface area (TPSA) is 95.7 Å². The third-order valence-electron chi connectivity index (χ3n) is 6.61. The van der Waals surface area contributed by atoms with Gasteiger partial charge in [-0.25, -0.2) is 19.7 Å². The van der Waals surface area contributed by atoms with Gasteiger partial charge in [0.2, 0.25) is 0 Å². The molecule has 4 aromatic rings. The number of nitrogens with one attached hydrogen (secondary N) is 1. The number of aromatic nitrogens is 4. The van der Waals surface area contributed by atoms with E-state index in [0.29, 0.717) is 35.7 Å². The van der Waals surface area contributed by atoms with E-state index in [1.807, 2.05) is 0 Å². The fourth-order valence-corrected chi connectivity index (χ4v) is 4.80. The van der Waals surface area contributed by atoms with Crippen molar-refractivity contribution in [2.75, 3.05) is 26.0 Å². The number of anilines is 1. The van der Waals surface area contributed by atoms with Gasteiger partial charge in [-0.05, 0) is 43.5 Å². The van der Waals surface area contributed by atoms with Gasteiger partial charge in [-0.2, -0.15) is 13.2 Å². The number of likely N-dealkylation sites (tertiary alicyclic amines) is 1. The molecule has 4 heterocycles. The highest BCUT2D eigenvalue weighted by atomic mass is 19.4. The molecule has 0 saturated carbocycles. The summed E-state index contributed by atoms with van der Waals surface area (Å²) >= 11 is 0. The molecule has 1 aliphatic rings. The van der Waals surface area contributed by atoms with Gasteiger partial charge >= 0.3 is 12.2 Å². The van der Waals surface area contributed by atoms with E-state index < -0.39 is 23.8 Å². The molecule has 0 spiro atoms. The van der Waals surface area contributed by atoms with Crippen molar-refractivity contribution in [2.45, 2.75) is 31.5 Å². The van der Waals surface area contributed by atoms with Gasteiger partial charge in [0.15, 0.2) is 5.69 Å². The van der Waals surface area contributed by atoms with Gasteiger partial charge in [0.1, 0.15) is 17.2 Å². The van der Waals surface area contributed by atoms with Crippen LogP contribution in [0, 0.1) is 0 Å². The van der Waals surface area contributed by atoms with E-state index in [4.69, 9.17) is 4.98 Å². The van der Waals surface area contributed by atoms with E-state index in [-0.39, 0.29) is 17.2 Å². The van der Waals surface area contributed by atoms with Crippen molar-refractivity contribution in [3.63, 3.8) is 0 Å². The zero-order valence-corrected chi connectivity index (χ0v) is 21.3. The van der Waals surface area contributed by atoms with Gasteiger partial charge in [-0.3, -0.25) is 9.20 Å². The Kier molecular flexibility index (Phi) is 6.94. The fourth-order valence-electron chi connectivity index (χ4n) is 4.80. The first-order valence-corrected chi connectivity index (χ1v) is 12.4. The van der Waals surface area contributed by atoms with Crippen LogP contribution in [0.5, 0.6) is 0 Å². The van der Waals surface area contributed by atoms with Crippen LogP contribution in [-0.2, 0) is 6.18 Å². The minimum atomic E-state index is -4.73. The summed E-state index contributed by atoms with van der Waals surface area (Å²) in [6, 6.07) is 10.5. The third kappa shape index (κ3) is 5.14. The quantitative estimate of drug-likeness (QED) is 0.383. The van der Waals surface area contributed by atoms with Crippen LogP contribution in [0.1, 0.15) is 47.2 Å². The number of alkyl halides is 3. The molecule has 1 fully saturated rings. The van der Waals surface area contributed by atoms with Gasteiger partial charge in [0.05, 0.1) is 11.7 Å². The SMILES string of the molecule is CN(C)C(=O)N1CCCCC1c1nc(-c2ccc(C(=O)Nc3ccccn3)cc2)c2c(C(F)(F)F)nccn12. The lowest BCUT2D eigenvalue weighted by atomic mass is 10.0. The summed E-state index contributed by atoms with van der Waals surface area (Å²) in [4.78, 5) is 41.1. The van der Waals surface area contributed by atoms with Gasteiger partial charge in [-0.15, -0.1) is 0 Å². The summed E-state index contributed by atoms with van der Waals surface area (Å²) in [7, 11) is 3.28. The second kappa shape index (κ2) is 10.4. The number of carbonyl (C=O) groups excluding carboxylic acids is 2. The molecular weight excluding hydrogens is 511 g/mol. The van der Waals surface area contributed by atoms with E-state index in [2.05, 4.69) is 15.3 Å². The molecule has 0 radical (unpaired) electrons. The number of benzene rings is 1. The van der Waals surface area contributed by atoms with E-state index in [0.717, 1.165) is 19.0 Å². The zero-order valence-electron chi connectivity index (χ0n) is 21.3. The molecule has 1 N–H and O–H groups in total. The molecule has 0 bridgehead atoms. The Labute approximate surface area is 222 Å². The first kappa shape index (κ1) is 26.1. The van der Waals surface area contributed by atoms with Crippen molar-refractivity contribution >= 4 is 23.3 Å². The summed E-state index contributed by atoms with van der Waals surface area (Å²) in [5.41, 5.74) is -0.513. The molecule has 1 saturated heterocycles. The van der Waals surface area contributed by atoms with E-state index in [1.54, 1.807) is 55.5 Å². The lowest BCUT2D eigenvalue weighted by molar-refractivity contribution is -0.140. The van der Waals surface area contributed by atoms with Crippen LogP contribution in [0.2, 0.25) is 0 Å². The number of carbonyl (C=O) groups is 2. The molecule has 3 aromatic heterocycles. The largest absolute Gasteiger partial charge is 0.435 e. The minimum absolute atomic E-state index is 0.0740. The van der Waals surface area contributed by atoms with Gasteiger partial charge in [0, 0.05) is 50.4 Å². The van der Waals surface area contributed by atoms with Crippen LogP contribution in [0.4, 0.5) is 23.8 Å². The molecule has 9 nitrogen and oxygen atoms in total. The van der Waals surface area contributed by atoms with Gasteiger partial charge < -0.3 is 15.1 Å². The van der Waals surface area contributed by atoms with Crippen LogP contribution >= 0.6 is 0 Å². The fraction of sp³-hybridized carbons (Fsp3) is 0.296. The first-order valence-electron chi connectivity index (χ1n) is 12.4. The minimum Gasteiger partial charge on any atom is -0.331 e. The standard InChI is InChI=1S/C27H26F3N7O2/c1-35(2)26(39)36-15-6-4-7-19(36)24-34-21(22-23(27(28,29)30)32-14-16-37(22)24)17-9-11-18(12-10-17)25(38)33-20-8-3-5-13-31-20/h3,5,8-14,16,19H,4,6-7,15H2,1-2H3,(H,31,33,38). The number of halogens is 3. The number of amides is 3. The Hall–Kier alpha value is -4.48. The highest BCUT2D eigenvalue weighted by Gasteiger charge is 2.39. The Morgan fingerprint density at radius 2 is 1.79 bits per heavy atom. The third-order valence-corrected chi connectivity index (χ3v) is 6.61. The maximum absolute atomic E-state index is 14.1. The molecule has 1 aromatic carbocycles. The average Bonchev–Trinajstić information content (AvgIpc) is 3.32. The molecule has 1 atom stereocenters.